The molecular weight excluding hydrogens is 376 g/mol. The van der Waals surface area contributed by atoms with Crippen molar-refractivity contribution >= 4 is 19.2 Å². The minimum atomic E-state index is -1.66. The Bertz CT molecular complexity index is 962. The average molecular weight is 415 g/mol. The summed E-state index contributed by atoms with van der Waals surface area (Å²) in [5.74, 6) is 0.821. The van der Waals surface area contributed by atoms with E-state index < -0.39 is 8.07 Å². The summed E-state index contributed by atoms with van der Waals surface area (Å²) in [5.41, 5.74) is 10.5. The van der Waals surface area contributed by atoms with Crippen molar-refractivity contribution in [2.75, 3.05) is 0 Å². The molecule has 2 aromatic carbocycles. The van der Waals surface area contributed by atoms with Gasteiger partial charge < -0.3 is 0 Å². The fourth-order valence-electron chi connectivity index (χ4n) is 5.86. The highest BCUT2D eigenvalue weighted by Crippen LogP contribution is 2.51. The molecule has 0 spiro atoms. The summed E-state index contributed by atoms with van der Waals surface area (Å²) in [6.45, 7) is 12.2. The largest absolute Gasteiger partial charge is 0.0761 e. The molecule has 0 nitrogen and oxygen atoms in total. The topological polar surface area (TPSA) is 0 Å². The van der Waals surface area contributed by atoms with E-state index in [9.17, 15) is 0 Å². The number of allylic oxidation sites excluding steroid dienone is 4. The smallest absolute Gasteiger partial charge is 0.0715 e. The Morgan fingerprint density at radius 1 is 0.833 bits per heavy atom. The summed E-state index contributed by atoms with van der Waals surface area (Å²) < 4.78 is 0. The van der Waals surface area contributed by atoms with Crippen LogP contribution in [0.1, 0.15) is 86.2 Å². The van der Waals surface area contributed by atoms with Gasteiger partial charge in [-0.25, -0.2) is 0 Å². The van der Waals surface area contributed by atoms with Crippen LogP contribution in [0.2, 0.25) is 13.1 Å². The van der Waals surface area contributed by atoms with Crippen LogP contribution >= 0.6 is 0 Å². The van der Waals surface area contributed by atoms with Gasteiger partial charge in [0, 0.05) is 0 Å². The zero-order chi connectivity index (χ0) is 21.3. The fraction of sp³-hybridized carbons (Fsp3) is 0.448. The molecule has 0 radical (unpaired) electrons. The van der Waals surface area contributed by atoms with Crippen LogP contribution in [0.5, 0.6) is 0 Å². The zero-order valence-electron chi connectivity index (χ0n) is 19.5. The van der Waals surface area contributed by atoms with E-state index in [0.29, 0.717) is 11.1 Å². The van der Waals surface area contributed by atoms with E-state index in [0.717, 1.165) is 5.92 Å². The van der Waals surface area contributed by atoms with E-state index in [1.165, 1.54) is 43.2 Å². The molecular formula is C29H38Si. The van der Waals surface area contributed by atoms with Gasteiger partial charge in [0.25, 0.3) is 0 Å². The number of hydrogen-bond acceptors (Lipinski definition) is 0. The van der Waals surface area contributed by atoms with Crippen LogP contribution in [-0.2, 0) is 0 Å². The third-order valence-electron chi connectivity index (χ3n) is 7.80. The van der Waals surface area contributed by atoms with Crippen molar-refractivity contribution in [3.63, 3.8) is 0 Å². The van der Waals surface area contributed by atoms with Crippen LogP contribution in [0.4, 0.5) is 0 Å². The fourth-order valence-corrected chi connectivity index (χ4v) is 9.66. The van der Waals surface area contributed by atoms with Crippen LogP contribution in [0, 0.1) is 5.92 Å². The molecule has 2 aliphatic carbocycles. The molecule has 0 bridgehead atoms. The lowest BCUT2D eigenvalue weighted by atomic mass is 9.90. The number of fused-ring (bicyclic) bond motifs is 2. The second kappa shape index (κ2) is 8.71. The summed E-state index contributed by atoms with van der Waals surface area (Å²) in [4.78, 5) is 0. The number of unbranched alkanes of at least 4 members (excludes halogenated alkanes) is 1. The number of benzene rings is 2. The van der Waals surface area contributed by atoms with E-state index in [-0.39, 0.29) is 0 Å². The highest BCUT2D eigenvalue weighted by atomic mass is 28.3. The standard InChI is InChI=1S/C29H38Si/c1-6-8-13-22(7-2)19-23-20-29(27-17-12-10-15-25(23)27)30(4,5)28-18-21(3)24-14-9-11-16-26(24)28/h9-12,14-18,20,22,28-29H,6-8,13,19H2,1-5H3. The van der Waals surface area contributed by atoms with Crippen molar-refractivity contribution in [2.24, 2.45) is 5.92 Å². The SMILES string of the molecule is CCCCC(CC)CC1=CC([Si](C)(C)C2C=C(C)c3ccccc32)c2ccccc21. The van der Waals surface area contributed by atoms with Crippen LogP contribution in [0.25, 0.3) is 11.1 Å². The molecule has 0 saturated heterocycles. The van der Waals surface area contributed by atoms with Gasteiger partial charge in [-0.05, 0) is 63.7 Å². The van der Waals surface area contributed by atoms with E-state index in [1.54, 1.807) is 22.3 Å². The van der Waals surface area contributed by atoms with Crippen molar-refractivity contribution in [3.8, 4) is 0 Å². The summed E-state index contributed by atoms with van der Waals surface area (Å²) in [6, 6.07) is 18.4. The number of rotatable bonds is 8. The molecule has 2 aromatic rings. The van der Waals surface area contributed by atoms with E-state index in [4.69, 9.17) is 0 Å². The first-order valence-corrected chi connectivity index (χ1v) is 15.2. The predicted molar refractivity (Wildman–Crippen MR) is 135 cm³/mol. The Morgan fingerprint density at radius 2 is 1.43 bits per heavy atom. The normalized spacial score (nSPS) is 21.1. The lowest BCUT2D eigenvalue weighted by Gasteiger charge is -2.35. The van der Waals surface area contributed by atoms with Gasteiger partial charge in [-0.3, -0.25) is 0 Å². The summed E-state index contributed by atoms with van der Waals surface area (Å²) in [7, 11) is -1.66. The molecule has 0 fully saturated rings. The first-order valence-electron chi connectivity index (χ1n) is 12.0. The van der Waals surface area contributed by atoms with Gasteiger partial charge in [-0.1, -0.05) is 113 Å². The summed E-state index contributed by atoms with van der Waals surface area (Å²) in [6.07, 6.45) is 11.9. The maximum Gasteiger partial charge on any atom is 0.0715 e. The molecule has 0 heterocycles. The predicted octanol–water partition coefficient (Wildman–Crippen LogP) is 8.76. The van der Waals surface area contributed by atoms with Crippen molar-refractivity contribution in [1.29, 1.82) is 0 Å². The highest BCUT2D eigenvalue weighted by molar-refractivity contribution is 6.81. The first kappa shape index (κ1) is 21.4. The van der Waals surface area contributed by atoms with Crippen LogP contribution in [0.15, 0.2) is 60.7 Å². The summed E-state index contributed by atoms with van der Waals surface area (Å²) >= 11 is 0. The molecule has 3 unspecified atom stereocenters. The van der Waals surface area contributed by atoms with Crippen molar-refractivity contribution in [1.82, 2.24) is 0 Å². The van der Waals surface area contributed by atoms with E-state index >= 15 is 0 Å². The Morgan fingerprint density at radius 3 is 2.10 bits per heavy atom. The molecule has 4 rings (SSSR count). The lowest BCUT2D eigenvalue weighted by molar-refractivity contribution is 0.461. The molecule has 2 aliphatic rings. The molecule has 0 N–H and O–H groups in total. The van der Waals surface area contributed by atoms with Gasteiger partial charge in [0.15, 0.2) is 0 Å². The second-order valence-corrected chi connectivity index (χ2v) is 15.0. The molecule has 0 amide bonds. The average Bonchev–Trinajstić information content (AvgIpc) is 3.30. The second-order valence-electron chi connectivity index (χ2n) is 10.1. The third kappa shape index (κ3) is 3.78. The van der Waals surface area contributed by atoms with Crippen molar-refractivity contribution in [2.45, 2.75) is 77.1 Å². The molecule has 30 heavy (non-hydrogen) atoms. The lowest BCUT2D eigenvalue weighted by Crippen LogP contribution is -2.39. The quantitative estimate of drug-likeness (QED) is 0.379. The van der Waals surface area contributed by atoms with Crippen LogP contribution in [0.3, 0.4) is 0 Å². The molecule has 0 aliphatic heterocycles. The van der Waals surface area contributed by atoms with Gasteiger partial charge in [0.2, 0.25) is 0 Å². The van der Waals surface area contributed by atoms with Gasteiger partial charge in [0.1, 0.15) is 0 Å². The molecule has 0 saturated carbocycles. The monoisotopic (exact) mass is 414 g/mol. The maximum atomic E-state index is 2.70. The number of hydrogen-bond donors (Lipinski definition) is 0. The molecule has 0 aromatic heterocycles. The van der Waals surface area contributed by atoms with Gasteiger partial charge in [0.05, 0.1) is 8.07 Å². The summed E-state index contributed by atoms with van der Waals surface area (Å²) in [5, 5.41) is 0. The van der Waals surface area contributed by atoms with Crippen LogP contribution in [-0.4, -0.2) is 8.07 Å². The van der Waals surface area contributed by atoms with Crippen molar-refractivity contribution in [3.05, 3.63) is 82.9 Å². The third-order valence-corrected chi connectivity index (χ3v) is 12.0. The Hall–Kier alpha value is -1.86. The Kier molecular flexibility index (Phi) is 6.20. The van der Waals surface area contributed by atoms with E-state index in [2.05, 4.69) is 94.5 Å². The van der Waals surface area contributed by atoms with Gasteiger partial charge >= 0.3 is 0 Å². The maximum absolute atomic E-state index is 2.70. The minimum Gasteiger partial charge on any atom is -0.0761 e. The van der Waals surface area contributed by atoms with Crippen LogP contribution < -0.4 is 0 Å². The zero-order valence-corrected chi connectivity index (χ0v) is 20.5. The highest BCUT2D eigenvalue weighted by Gasteiger charge is 2.44. The van der Waals surface area contributed by atoms with E-state index in [1.807, 2.05) is 0 Å². The van der Waals surface area contributed by atoms with Gasteiger partial charge in [-0.2, -0.15) is 0 Å². The molecule has 3 atom stereocenters. The Balaban J connectivity index is 1.69. The van der Waals surface area contributed by atoms with Crippen molar-refractivity contribution < 1.29 is 0 Å². The van der Waals surface area contributed by atoms with Gasteiger partial charge in [-0.15, -0.1) is 0 Å². The molecule has 1 heteroatoms. The Labute approximate surface area is 185 Å². The first-order chi connectivity index (χ1) is 14.5. The minimum absolute atomic E-state index is 0.601. The molecule has 158 valence electrons.